The van der Waals surface area contributed by atoms with Gasteiger partial charge in [0.1, 0.15) is 12.1 Å². The summed E-state index contributed by atoms with van der Waals surface area (Å²) in [5.41, 5.74) is 9.91. The molecule has 17 nitrogen and oxygen atoms in total. The highest BCUT2D eigenvalue weighted by Gasteiger charge is 2.16. The monoisotopic (exact) mass is 1470 g/mol. The summed E-state index contributed by atoms with van der Waals surface area (Å²) in [4.78, 5) is 45.0. The van der Waals surface area contributed by atoms with Crippen molar-refractivity contribution in [3.8, 4) is 0 Å². The van der Waals surface area contributed by atoms with E-state index in [1.807, 2.05) is 167 Å². The molecule has 576 valence electrons. The van der Waals surface area contributed by atoms with E-state index in [1.165, 1.54) is 28.1 Å². The van der Waals surface area contributed by atoms with Crippen molar-refractivity contribution in [3.63, 3.8) is 0 Å². The molecule has 11 aromatic heterocycles. The first-order valence-corrected chi connectivity index (χ1v) is 38.1. The molecule has 0 fully saturated rings. The van der Waals surface area contributed by atoms with Crippen LogP contribution in [0.1, 0.15) is 307 Å². The van der Waals surface area contributed by atoms with Gasteiger partial charge in [-0.2, -0.15) is 10.2 Å². The van der Waals surface area contributed by atoms with Gasteiger partial charge < -0.3 is 8.83 Å². The van der Waals surface area contributed by atoms with Crippen molar-refractivity contribution in [2.24, 2.45) is 0 Å². The van der Waals surface area contributed by atoms with Gasteiger partial charge in [0.05, 0.1) is 22.6 Å². The molecule has 0 N–H and O–H groups in total. The molecule has 0 amide bonds. The molecule has 0 aliphatic rings. The summed E-state index contributed by atoms with van der Waals surface area (Å²) in [7, 11) is 0. The van der Waals surface area contributed by atoms with E-state index < -0.39 is 0 Å². The second kappa shape index (κ2) is 55.6. The van der Waals surface area contributed by atoms with E-state index in [9.17, 15) is 0 Å². The molecule has 0 bridgehead atoms. The van der Waals surface area contributed by atoms with Crippen LogP contribution >= 0.6 is 11.3 Å². The van der Waals surface area contributed by atoms with Crippen LogP contribution in [0.2, 0.25) is 0 Å². The van der Waals surface area contributed by atoms with Crippen LogP contribution < -0.4 is 0 Å². The standard InChI is InChI=1S/C9H13N.C9H12.C8H12N2.4C8H11N.2C7H10N2.C6H9NO.C6H9NS.C5H8N2O/c1-9(2,3)8-6-4-5-7-10-8;1-8(2)9-6-4-3-5-7-9;1-8(2,3)7-9-5-4-6-10-7;1-7(2)8-3-5-9-6-4-8;1-7(2)8-4-3-5-9-6-8;2*1-7(2)8-5-3-4-6-9-8;1-6(2)7-5-8-3-4-9-7;1-6(2)7-4-3-5-8-9-7;2*1-5(2)6-7-3-4-8-6;1-4(2)5-7-6-3-8-5/h4-7H,1-3H3;3-8H,1-2H3;4-6H,1-3H3;4*3-7H,1-2H3;2*3-6H,1-2H3;2*3-5H,1-2H3;3-4H,1-2H3. The molecule has 107 heavy (non-hydrogen) atoms. The molecular weight excluding hydrogens is 1340 g/mol. The Morgan fingerprint density at radius 1 is 0.290 bits per heavy atom. The predicted molar refractivity (Wildman–Crippen MR) is 445 cm³/mol. The van der Waals surface area contributed by atoms with E-state index in [0.717, 1.165) is 40.2 Å². The Hall–Kier alpha value is -9.81. The average molecular weight is 1470 g/mol. The van der Waals surface area contributed by atoms with Crippen molar-refractivity contribution in [2.45, 2.75) is 250 Å². The van der Waals surface area contributed by atoms with Gasteiger partial charge in [-0.25, -0.2) is 19.9 Å². The molecule has 12 rings (SSSR count). The van der Waals surface area contributed by atoms with Crippen LogP contribution in [0.15, 0.2) is 247 Å². The third-order valence-corrected chi connectivity index (χ3v) is 15.6. The number of rotatable bonds is 10. The Morgan fingerprint density at radius 3 is 1.05 bits per heavy atom. The lowest BCUT2D eigenvalue weighted by Gasteiger charge is -2.16. The fourth-order valence-electron chi connectivity index (χ4n) is 7.93. The van der Waals surface area contributed by atoms with Crippen LogP contribution in [0.5, 0.6) is 0 Å². The number of pyridine rings is 5. The van der Waals surface area contributed by atoms with E-state index in [1.54, 1.807) is 67.2 Å². The van der Waals surface area contributed by atoms with Crippen LogP contribution in [-0.2, 0) is 10.8 Å². The summed E-state index contributed by atoms with van der Waals surface area (Å²) >= 11 is 1.72. The number of hydrogen-bond acceptors (Lipinski definition) is 18. The normalized spacial score (nSPS) is 10.4. The Balaban J connectivity index is 0.000000584. The van der Waals surface area contributed by atoms with E-state index in [2.05, 4.69) is 264 Å². The minimum Gasteiger partial charge on any atom is -0.449 e. The molecule has 0 atom stereocenters. The van der Waals surface area contributed by atoms with Crippen molar-refractivity contribution in [2.75, 3.05) is 0 Å². The van der Waals surface area contributed by atoms with E-state index >= 15 is 0 Å². The van der Waals surface area contributed by atoms with Gasteiger partial charge in [-0.15, -0.1) is 21.5 Å². The lowest BCUT2D eigenvalue weighted by Crippen LogP contribution is -2.14. The molecule has 0 saturated carbocycles. The zero-order valence-electron chi connectivity index (χ0n) is 69.2. The van der Waals surface area contributed by atoms with Crippen molar-refractivity contribution in [3.05, 3.63) is 306 Å². The smallest absolute Gasteiger partial charge is 0.218 e. The molecule has 0 saturated heterocycles. The lowest BCUT2D eigenvalue weighted by molar-refractivity contribution is 0.470. The first kappa shape index (κ1) is 95.2. The molecule has 0 aliphatic carbocycles. The van der Waals surface area contributed by atoms with Gasteiger partial charge in [-0.05, 0) is 131 Å². The summed E-state index contributed by atoms with van der Waals surface area (Å²) in [6.07, 6.45) is 29.7. The number of thiazole rings is 1. The highest BCUT2D eigenvalue weighted by molar-refractivity contribution is 7.09. The highest BCUT2D eigenvalue weighted by atomic mass is 32.1. The number of aromatic nitrogens is 15. The maximum atomic E-state index is 4.98. The first-order chi connectivity index (χ1) is 50.8. The molecule has 11 heterocycles. The van der Waals surface area contributed by atoms with Gasteiger partial charge >= 0.3 is 0 Å². The minimum absolute atomic E-state index is 0.0707. The first-order valence-electron chi connectivity index (χ1n) is 37.2. The van der Waals surface area contributed by atoms with E-state index in [-0.39, 0.29) is 10.8 Å². The third kappa shape index (κ3) is 46.7. The molecule has 0 radical (unpaired) electrons. The second-order valence-electron chi connectivity index (χ2n) is 29.6. The maximum Gasteiger partial charge on any atom is 0.218 e. The lowest BCUT2D eigenvalue weighted by atomic mass is 9.92. The average Bonchev–Trinajstić information content (AvgIpc) is 1.85. The SMILES string of the molecule is CC(C)(C)c1ccccn1.CC(C)(C)c1ncccn1.CC(C)c1ccccc1.CC(C)c1ccccn1.CC(C)c1ccccn1.CC(C)c1cccnc1.CC(C)c1cccnn1.CC(C)c1ccncc1.CC(C)c1cnccn1.CC(C)c1ncco1.CC(C)c1nccs1.CC(C)c1nnco1. The number of nitrogens with zero attached hydrogens (tertiary/aromatic N) is 15. The fourth-order valence-corrected chi connectivity index (χ4v) is 8.59. The topological polar surface area (TPSA) is 220 Å². The molecule has 12 aromatic rings. The molecule has 1 aromatic carbocycles. The highest BCUT2D eigenvalue weighted by Crippen LogP contribution is 2.20. The molecule has 18 heteroatoms. The van der Waals surface area contributed by atoms with Crippen LogP contribution in [-0.4, -0.2) is 75.2 Å². The molecular formula is C89H127N15O2S. The van der Waals surface area contributed by atoms with Crippen LogP contribution in [0, 0.1) is 0 Å². The Kier molecular flexibility index (Phi) is 49.5. The summed E-state index contributed by atoms with van der Waals surface area (Å²) in [5.74, 6) is 7.69. The van der Waals surface area contributed by atoms with Crippen LogP contribution in [0.25, 0.3) is 0 Å². The maximum absolute atomic E-state index is 4.98. The van der Waals surface area contributed by atoms with Crippen molar-refractivity contribution < 1.29 is 8.83 Å². The Morgan fingerprint density at radius 2 is 0.776 bits per heavy atom. The summed E-state index contributed by atoms with van der Waals surface area (Å²) in [6.45, 7) is 55.3. The van der Waals surface area contributed by atoms with Crippen LogP contribution in [0.3, 0.4) is 0 Å². The van der Waals surface area contributed by atoms with Crippen molar-refractivity contribution in [1.82, 2.24) is 75.2 Å². The van der Waals surface area contributed by atoms with Crippen LogP contribution in [0.4, 0.5) is 0 Å². The fraction of sp³-hybridized carbons (Fsp3) is 0.427. The number of hydrogen-bond donors (Lipinski definition) is 0. The summed E-state index contributed by atoms with van der Waals surface area (Å²) in [5, 5.41) is 18.1. The van der Waals surface area contributed by atoms with Gasteiger partial charge in [-0.1, -0.05) is 235 Å². The molecule has 0 spiro atoms. The zero-order valence-corrected chi connectivity index (χ0v) is 70.0. The Labute approximate surface area is 647 Å². The summed E-state index contributed by atoms with van der Waals surface area (Å²) in [6, 6.07) is 42.4. The van der Waals surface area contributed by atoms with Gasteiger partial charge in [0.2, 0.25) is 12.3 Å². The quantitative estimate of drug-likeness (QED) is 0.124. The summed E-state index contributed by atoms with van der Waals surface area (Å²) < 4.78 is 9.86. The van der Waals surface area contributed by atoms with Gasteiger partial charge in [0.15, 0.2) is 5.89 Å². The van der Waals surface area contributed by atoms with Gasteiger partial charge in [0, 0.05) is 138 Å². The zero-order chi connectivity index (χ0) is 80.0. The van der Waals surface area contributed by atoms with Crippen molar-refractivity contribution >= 4 is 11.3 Å². The van der Waals surface area contributed by atoms with E-state index in [4.69, 9.17) is 8.83 Å². The predicted octanol–water partition coefficient (Wildman–Crippen LogP) is 24.2. The third-order valence-electron chi connectivity index (χ3n) is 14.5. The second-order valence-corrected chi connectivity index (χ2v) is 30.5. The number of benzene rings is 1. The van der Waals surface area contributed by atoms with E-state index in [0.29, 0.717) is 65.1 Å². The minimum atomic E-state index is 0.0707. The largest absolute Gasteiger partial charge is 0.449 e. The molecule has 0 aliphatic heterocycles. The Bertz CT molecular complexity index is 3300. The molecule has 0 unspecified atom stereocenters. The van der Waals surface area contributed by atoms with Gasteiger partial charge in [0.25, 0.3) is 0 Å². The van der Waals surface area contributed by atoms with Gasteiger partial charge in [-0.3, -0.25) is 34.9 Å². The van der Waals surface area contributed by atoms with Crippen molar-refractivity contribution in [1.29, 1.82) is 0 Å². The number of oxazole rings is 1.